The van der Waals surface area contributed by atoms with Gasteiger partial charge >= 0.3 is 6.18 Å². The number of nitrogens with one attached hydrogen (secondary N) is 1. The van der Waals surface area contributed by atoms with E-state index in [0.717, 1.165) is 36.7 Å². The topological polar surface area (TPSA) is 61.5 Å². The molecule has 186 valence electrons. The third kappa shape index (κ3) is 5.63. The molecule has 0 aliphatic carbocycles. The standard InChI is InChI=1S/C25H33F3N4O2/c1-24(2,3)34-16-31-12-6-9-21-19(15-31)22(30-29-21)23(33)32-13-10-17(11-14-32)18-7-4-5-8-20(18)25(26,27)28/h4-5,7-8,17H,6,9-16H2,1-3H3,(H,29,30). The number of H-pyrrole nitrogens is 1. The molecule has 1 N–H and O–H groups in total. The van der Waals surface area contributed by atoms with E-state index in [1.807, 2.05) is 20.8 Å². The van der Waals surface area contributed by atoms with Crippen LogP contribution in [0.25, 0.3) is 0 Å². The second-order valence-electron chi connectivity index (χ2n) is 10.2. The van der Waals surface area contributed by atoms with Crippen LogP contribution in [0.1, 0.15) is 78.8 Å². The van der Waals surface area contributed by atoms with E-state index < -0.39 is 11.7 Å². The van der Waals surface area contributed by atoms with Gasteiger partial charge in [-0.25, -0.2) is 0 Å². The van der Waals surface area contributed by atoms with E-state index in [1.54, 1.807) is 17.0 Å². The first-order valence-electron chi connectivity index (χ1n) is 11.9. The number of rotatable bonds is 4. The van der Waals surface area contributed by atoms with Crippen LogP contribution in [0.2, 0.25) is 0 Å². The Morgan fingerprint density at radius 2 is 1.85 bits per heavy atom. The van der Waals surface area contributed by atoms with Crippen LogP contribution in [0, 0.1) is 0 Å². The number of aromatic amines is 1. The zero-order valence-corrected chi connectivity index (χ0v) is 20.0. The minimum atomic E-state index is -4.38. The average molecular weight is 479 g/mol. The van der Waals surface area contributed by atoms with Gasteiger partial charge in [-0.3, -0.25) is 14.8 Å². The van der Waals surface area contributed by atoms with Crippen LogP contribution < -0.4 is 0 Å². The SMILES string of the molecule is CC(C)(C)OCN1CCCc2[nH]nc(C(=O)N3CCC(c4ccccc4C(F)(F)F)CC3)c2C1. The Bertz CT molecular complexity index is 1000. The molecule has 2 aromatic rings. The lowest BCUT2D eigenvalue weighted by Gasteiger charge is -2.33. The van der Waals surface area contributed by atoms with E-state index in [9.17, 15) is 18.0 Å². The molecule has 6 nitrogen and oxygen atoms in total. The highest BCUT2D eigenvalue weighted by molar-refractivity contribution is 5.94. The highest BCUT2D eigenvalue weighted by atomic mass is 19.4. The number of alkyl halides is 3. The number of hydrogen-bond acceptors (Lipinski definition) is 4. The molecule has 1 amide bonds. The van der Waals surface area contributed by atoms with Crippen molar-refractivity contribution in [3.63, 3.8) is 0 Å². The minimum absolute atomic E-state index is 0.154. The molecule has 9 heteroatoms. The molecule has 34 heavy (non-hydrogen) atoms. The first-order chi connectivity index (χ1) is 16.0. The number of aromatic nitrogens is 2. The van der Waals surface area contributed by atoms with Crippen molar-refractivity contribution in [2.45, 2.75) is 70.7 Å². The number of benzene rings is 1. The quantitative estimate of drug-likeness (QED) is 0.674. The third-order valence-electron chi connectivity index (χ3n) is 6.61. The molecule has 3 heterocycles. The zero-order chi connectivity index (χ0) is 24.5. The molecule has 1 aromatic heterocycles. The van der Waals surface area contributed by atoms with Crippen molar-refractivity contribution in [2.75, 3.05) is 26.4 Å². The van der Waals surface area contributed by atoms with Crippen LogP contribution >= 0.6 is 0 Å². The lowest BCUT2D eigenvalue weighted by Crippen LogP contribution is -2.39. The number of piperidine rings is 1. The molecule has 0 saturated carbocycles. The van der Waals surface area contributed by atoms with Crippen molar-refractivity contribution >= 4 is 5.91 Å². The second-order valence-corrected chi connectivity index (χ2v) is 10.2. The molecule has 0 bridgehead atoms. The summed E-state index contributed by atoms with van der Waals surface area (Å²) in [4.78, 5) is 17.3. The number of fused-ring (bicyclic) bond motifs is 1. The summed E-state index contributed by atoms with van der Waals surface area (Å²) in [5, 5.41) is 7.40. The Hall–Kier alpha value is -2.39. The monoisotopic (exact) mass is 478 g/mol. The van der Waals surface area contributed by atoms with Crippen LogP contribution in [0.5, 0.6) is 0 Å². The van der Waals surface area contributed by atoms with Gasteiger partial charge in [-0.1, -0.05) is 18.2 Å². The summed E-state index contributed by atoms with van der Waals surface area (Å²) >= 11 is 0. The Morgan fingerprint density at radius 1 is 1.15 bits per heavy atom. The van der Waals surface area contributed by atoms with Crippen molar-refractivity contribution in [1.29, 1.82) is 0 Å². The zero-order valence-electron chi connectivity index (χ0n) is 20.0. The third-order valence-corrected chi connectivity index (χ3v) is 6.61. The number of aryl methyl sites for hydroxylation is 1. The van der Waals surface area contributed by atoms with Gasteiger partial charge in [0.05, 0.1) is 17.9 Å². The maximum absolute atomic E-state index is 13.5. The summed E-state index contributed by atoms with van der Waals surface area (Å²) in [6.45, 7) is 8.79. The number of carbonyl (C=O) groups excluding carboxylic acids is 1. The number of halogens is 3. The molecule has 0 unspecified atom stereocenters. The lowest BCUT2D eigenvalue weighted by atomic mass is 9.86. The van der Waals surface area contributed by atoms with Gasteiger partial charge < -0.3 is 9.64 Å². The Labute approximate surface area is 198 Å². The smallest absolute Gasteiger partial charge is 0.360 e. The first kappa shape index (κ1) is 24.7. The molecule has 4 rings (SSSR count). The summed E-state index contributed by atoms with van der Waals surface area (Å²) in [6.07, 6.45) is -1.62. The molecule has 2 aliphatic rings. The molecule has 1 fully saturated rings. The summed E-state index contributed by atoms with van der Waals surface area (Å²) < 4.78 is 46.3. The average Bonchev–Trinajstić information content (AvgIpc) is 3.06. The fourth-order valence-electron chi connectivity index (χ4n) is 4.79. The van der Waals surface area contributed by atoms with E-state index in [-0.39, 0.29) is 17.4 Å². The Kier molecular flexibility index (Phi) is 7.05. The number of hydrogen-bond donors (Lipinski definition) is 1. The summed E-state index contributed by atoms with van der Waals surface area (Å²) in [6, 6.07) is 5.77. The van der Waals surface area contributed by atoms with Crippen LogP contribution in [-0.2, 0) is 23.9 Å². The predicted octanol–water partition coefficient (Wildman–Crippen LogP) is 4.97. The minimum Gasteiger partial charge on any atom is -0.360 e. The molecule has 1 saturated heterocycles. The Balaban J connectivity index is 1.44. The first-order valence-corrected chi connectivity index (χ1v) is 11.9. The number of carbonyl (C=O) groups is 1. The van der Waals surface area contributed by atoms with Gasteiger partial charge in [0.25, 0.3) is 5.91 Å². The van der Waals surface area contributed by atoms with E-state index in [1.165, 1.54) is 6.07 Å². The van der Waals surface area contributed by atoms with Crippen molar-refractivity contribution in [3.8, 4) is 0 Å². The maximum atomic E-state index is 13.5. The molecule has 0 radical (unpaired) electrons. The Morgan fingerprint density at radius 3 is 2.53 bits per heavy atom. The summed E-state index contributed by atoms with van der Waals surface area (Å²) in [7, 11) is 0. The van der Waals surface area contributed by atoms with E-state index in [2.05, 4.69) is 15.1 Å². The molecular formula is C25H33F3N4O2. The highest BCUT2D eigenvalue weighted by Gasteiger charge is 2.36. The molecule has 2 aliphatic heterocycles. The van der Waals surface area contributed by atoms with E-state index in [0.29, 0.717) is 50.5 Å². The fraction of sp³-hybridized carbons (Fsp3) is 0.600. The number of ether oxygens (including phenoxy) is 1. The maximum Gasteiger partial charge on any atom is 0.416 e. The number of amides is 1. The van der Waals surface area contributed by atoms with Crippen molar-refractivity contribution in [3.05, 3.63) is 52.3 Å². The molecule has 0 spiro atoms. The van der Waals surface area contributed by atoms with Gasteiger partial charge in [-0.15, -0.1) is 0 Å². The fourth-order valence-corrected chi connectivity index (χ4v) is 4.79. The molecule has 1 aromatic carbocycles. The number of likely N-dealkylation sites (tertiary alicyclic amines) is 1. The largest absolute Gasteiger partial charge is 0.416 e. The van der Waals surface area contributed by atoms with Crippen LogP contribution in [0.3, 0.4) is 0 Å². The van der Waals surface area contributed by atoms with Gasteiger partial charge in [0, 0.05) is 37.4 Å². The van der Waals surface area contributed by atoms with E-state index >= 15 is 0 Å². The van der Waals surface area contributed by atoms with Gasteiger partial charge in [-0.05, 0) is 64.0 Å². The predicted molar refractivity (Wildman–Crippen MR) is 122 cm³/mol. The van der Waals surface area contributed by atoms with Crippen molar-refractivity contribution in [2.24, 2.45) is 0 Å². The second kappa shape index (κ2) is 9.70. The van der Waals surface area contributed by atoms with Gasteiger partial charge in [0.1, 0.15) is 0 Å². The molecule has 0 atom stereocenters. The number of nitrogens with zero attached hydrogens (tertiary/aromatic N) is 3. The normalized spacial score (nSPS) is 18.6. The summed E-state index contributed by atoms with van der Waals surface area (Å²) in [5.74, 6) is -0.373. The van der Waals surface area contributed by atoms with Crippen LogP contribution in [0.15, 0.2) is 24.3 Å². The molecular weight excluding hydrogens is 445 g/mol. The van der Waals surface area contributed by atoms with Crippen LogP contribution in [-0.4, -0.2) is 57.9 Å². The lowest BCUT2D eigenvalue weighted by molar-refractivity contribution is -0.138. The van der Waals surface area contributed by atoms with E-state index in [4.69, 9.17) is 4.74 Å². The van der Waals surface area contributed by atoms with Crippen molar-refractivity contribution in [1.82, 2.24) is 20.0 Å². The van der Waals surface area contributed by atoms with Crippen molar-refractivity contribution < 1.29 is 22.7 Å². The van der Waals surface area contributed by atoms with Crippen LogP contribution in [0.4, 0.5) is 13.2 Å². The highest BCUT2D eigenvalue weighted by Crippen LogP contribution is 2.39. The summed E-state index contributed by atoms with van der Waals surface area (Å²) in [5.41, 5.74) is 1.81. The van der Waals surface area contributed by atoms with Gasteiger partial charge in [0.2, 0.25) is 0 Å². The van der Waals surface area contributed by atoms with Gasteiger partial charge in [-0.2, -0.15) is 18.3 Å². The van der Waals surface area contributed by atoms with Gasteiger partial charge in [0.15, 0.2) is 5.69 Å².